The zero-order chi connectivity index (χ0) is 14.8. The summed E-state index contributed by atoms with van der Waals surface area (Å²) in [6, 6.07) is 0. The summed E-state index contributed by atoms with van der Waals surface area (Å²) in [7, 11) is 0. The van der Waals surface area contributed by atoms with Crippen molar-refractivity contribution in [2.45, 2.75) is 57.0 Å². The average molecular weight is 301 g/mol. The fraction of sp³-hybridized carbons (Fsp3) is 0.500. The maximum absolute atomic E-state index is 4.47. The molecule has 113 valence electrons. The summed E-state index contributed by atoms with van der Waals surface area (Å²) in [6.45, 7) is 2.26. The second-order valence-corrected chi connectivity index (χ2v) is 6.42. The highest BCUT2D eigenvalue weighted by Crippen LogP contribution is 2.21. The van der Waals surface area contributed by atoms with E-state index >= 15 is 0 Å². The van der Waals surface area contributed by atoms with Gasteiger partial charge in [0.25, 0.3) is 0 Å². The van der Waals surface area contributed by atoms with Crippen LogP contribution in [-0.4, -0.2) is 15.7 Å². The van der Waals surface area contributed by atoms with Gasteiger partial charge >= 0.3 is 0 Å². The van der Waals surface area contributed by atoms with Crippen LogP contribution in [0, 0.1) is 6.42 Å². The molecule has 1 aromatic rings. The minimum Gasteiger partial charge on any atom is -0.230 e. The van der Waals surface area contributed by atoms with E-state index in [1.165, 1.54) is 44.1 Å². The van der Waals surface area contributed by atoms with Crippen molar-refractivity contribution in [3.63, 3.8) is 0 Å². The Hall–Kier alpha value is -1.09. The molecule has 1 aliphatic rings. The topological polar surface area (TPSA) is 25.8 Å². The van der Waals surface area contributed by atoms with Crippen molar-refractivity contribution >= 4 is 17.3 Å². The standard InChI is InChI=1S/C18H25N2S/c1-2-3-4-5-6-10-13-21-18-19-14-17(15-20-18)16-11-8-7-9-12-16/h7-8,11-12,14-15H,2-6,9-10,13H2,1H3. The van der Waals surface area contributed by atoms with Crippen LogP contribution in [0.15, 0.2) is 35.8 Å². The minimum atomic E-state index is 0.902. The third kappa shape index (κ3) is 6.04. The molecular formula is C18H25N2S. The van der Waals surface area contributed by atoms with E-state index in [-0.39, 0.29) is 0 Å². The van der Waals surface area contributed by atoms with Gasteiger partial charge in [-0.1, -0.05) is 69.0 Å². The van der Waals surface area contributed by atoms with Gasteiger partial charge in [-0.25, -0.2) is 9.97 Å². The van der Waals surface area contributed by atoms with Gasteiger partial charge in [-0.05, 0) is 24.8 Å². The van der Waals surface area contributed by atoms with Gasteiger partial charge < -0.3 is 0 Å². The molecule has 3 heteroatoms. The molecule has 0 amide bonds. The molecule has 0 N–H and O–H groups in total. The highest BCUT2D eigenvalue weighted by Gasteiger charge is 2.03. The Kier molecular flexibility index (Phi) is 7.58. The molecule has 2 nitrogen and oxygen atoms in total. The lowest BCUT2D eigenvalue weighted by Crippen LogP contribution is -1.93. The Morgan fingerprint density at radius 3 is 2.52 bits per heavy atom. The van der Waals surface area contributed by atoms with Crippen molar-refractivity contribution in [2.24, 2.45) is 0 Å². The van der Waals surface area contributed by atoms with Crippen LogP contribution >= 0.6 is 11.8 Å². The van der Waals surface area contributed by atoms with Gasteiger partial charge in [0.1, 0.15) is 0 Å². The number of nitrogens with zero attached hydrogens (tertiary/aromatic N) is 2. The van der Waals surface area contributed by atoms with Gasteiger partial charge in [0, 0.05) is 23.7 Å². The van der Waals surface area contributed by atoms with E-state index in [0.717, 1.165) is 22.9 Å². The van der Waals surface area contributed by atoms with Crippen molar-refractivity contribution < 1.29 is 0 Å². The minimum absolute atomic E-state index is 0.902. The predicted molar refractivity (Wildman–Crippen MR) is 92.2 cm³/mol. The largest absolute Gasteiger partial charge is 0.230 e. The van der Waals surface area contributed by atoms with E-state index < -0.39 is 0 Å². The summed E-state index contributed by atoms with van der Waals surface area (Å²) >= 11 is 1.77. The predicted octanol–water partition coefficient (Wildman–Crippen LogP) is 5.48. The first-order valence-electron chi connectivity index (χ1n) is 8.05. The first kappa shape index (κ1) is 16.3. The SMILES string of the molecule is CCCCCCCCSc1ncc(C2=CC[CH]C=C2)cn1. The van der Waals surface area contributed by atoms with E-state index in [1.807, 2.05) is 12.4 Å². The zero-order valence-corrected chi connectivity index (χ0v) is 13.7. The summed E-state index contributed by atoms with van der Waals surface area (Å²) in [5.41, 5.74) is 2.34. The van der Waals surface area contributed by atoms with Crippen molar-refractivity contribution in [1.82, 2.24) is 9.97 Å². The summed E-state index contributed by atoms with van der Waals surface area (Å²) in [5, 5.41) is 0.902. The molecule has 1 aromatic heterocycles. The third-order valence-corrected chi connectivity index (χ3v) is 4.54. The van der Waals surface area contributed by atoms with Crippen LogP contribution in [0.25, 0.3) is 5.57 Å². The Labute approximate surface area is 133 Å². The van der Waals surface area contributed by atoms with Crippen LogP contribution in [0.4, 0.5) is 0 Å². The highest BCUT2D eigenvalue weighted by atomic mass is 32.2. The van der Waals surface area contributed by atoms with Crippen LogP contribution in [0.3, 0.4) is 0 Å². The first-order valence-corrected chi connectivity index (χ1v) is 9.04. The fourth-order valence-corrected chi connectivity index (χ4v) is 3.10. The fourth-order valence-electron chi connectivity index (χ4n) is 2.31. The number of aromatic nitrogens is 2. The lowest BCUT2D eigenvalue weighted by atomic mass is 10.0. The normalized spacial score (nSPS) is 14.2. The van der Waals surface area contributed by atoms with Gasteiger partial charge in [-0.3, -0.25) is 0 Å². The van der Waals surface area contributed by atoms with Crippen molar-refractivity contribution in [3.8, 4) is 0 Å². The average Bonchev–Trinajstić information content (AvgIpc) is 2.55. The lowest BCUT2D eigenvalue weighted by Gasteiger charge is -2.06. The number of unbranched alkanes of at least 4 members (excludes halogenated alkanes) is 5. The molecule has 21 heavy (non-hydrogen) atoms. The van der Waals surface area contributed by atoms with Gasteiger partial charge in [-0.2, -0.15) is 0 Å². The smallest absolute Gasteiger partial charge is 0.187 e. The molecule has 1 heterocycles. The van der Waals surface area contributed by atoms with E-state index in [1.54, 1.807) is 11.8 Å². The van der Waals surface area contributed by atoms with Crippen molar-refractivity contribution in [1.29, 1.82) is 0 Å². The maximum atomic E-state index is 4.47. The number of allylic oxidation sites excluding steroid dienone is 4. The molecule has 0 aliphatic heterocycles. The molecule has 2 rings (SSSR count). The highest BCUT2D eigenvalue weighted by molar-refractivity contribution is 7.99. The summed E-state index contributed by atoms with van der Waals surface area (Å²) in [6.07, 6.45) is 21.5. The molecule has 0 spiro atoms. The molecule has 0 aromatic carbocycles. The van der Waals surface area contributed by atoms with Crippen molar-refractivity contribution in [3.05, 3.63) is 42.6 Å². The summed E-state index contributed by atoms with van der Waals surface area (Å²) < 4.78 is 0. The molecular weight excluding hydrogens is 276 g/mol. The number of thioether (sulfide) groups is 1. The van der Waals surface area contributed by atoms with E-state index in [9.17, 15) is 0 Å². The third-order valence-electron chi connectivity index (χ3n) is 3.58. The number of hydrogen-bond acceptors (Lipinski definition) is 3. The van der Waals surface area contributed by atoms with Crippen LogP contribution in [-0.2, 0) is 0 Å². The second-order valence-electron chi connectivity index (χ2n) is 5.36. The van der Waals surface area contributed by atoms with E-state index in [2.05, 4.69) is 41.5 Å². The van der Waals surface area contributed by atoms with Crippen molar-refractivity contribution in [2.75, 3.05) is 5.75 Å². The van der Waals surface area contributed by atoms with Gasteiger partial charge in [0.05, 0.1) is 0 Å². The number of hydrogen-bond donors (Lipinski definition) is 0. The summed E-state index contributed by atoms with van der Waals surface area (Å²) in [5.74, 6) is 1.13. The first-order chi connectivity index (χ1) is 10.4. The Balaban J connectivity index is 1.68. The molecule has 1 radical (unpaired) electrons. The Bertz CT molecular complexity index is 463. The van der Waals surface area contributed by atoms with Crippen LogP contribution in [0.2, 0.25) is 0 Å². The molecule has 0 unspecified atom stereocenters. The quantitative estimate of drug-likeness (QED) is 0.343. The lowest BCUT2D eigenvalue weighted by molar-refractivity contribution is 0.627. The van der Waals surface area contributed by atoms with Gasteiger partial charge in [-0.15, -0.1) is 0 Å². The monoisotopic (exact) mass is 301 g/mol. The van der Waals surface area contributed by atoms with Crippen LogP contribution in [0.1, 0.15) is 57.4 Å². The maximum Gasteiger partial charge on any atom is 0.187 e. The molecule has 0 bridgehead atoms. The number of rotatable bonds is 9. The van der Waals surface area contributed by atoms with E-state index in [4.69, 9.17) is 0 Å². The molecule has 0 saturated heterocycles. The van der Waals surface area contributed by atoms with Gasteiger partial charge in [0.2, 0.25) is 0 Å². The van der Waals surface area contributed by atoms with Crippen LogP contribution in [0.5, 0.6) is 0 Å². The van der Waals surface area contributed by atoms with E-state index in [0.29, 0.717) is 0 Å². The Morgan fingerprint density at radius 2 is 1.81 bits per heavy atom. The Morgan fingerprint density at radius 1 is 1.05 bits per heavy atom. The zero-order valence-electron chi connectivity index (χ0n) is 12.9. The molecule has 0 atom stereocenters. The molecule has 0 fully saturated rings. The summed E-state index contributed by atoms with van der Waals surface area (Å²) in [4.78, 5) is 8.94. The van der Waals surface area contributed by atoms with Crippen LogP contribution < -0.4 is 0 Å². The second kappa shape index (κ2) is 9.78. The van der Waals surface area contributed by atoms with Gasteiger partial charge in [0.15, 0.2) is 5.16 Å². The molecule has 0 saturated carbocycles. The molecule has 1 aliphatic carbocycles.